The van der Waals surface area contributed by atoms with Crippen LogP contribution in [0.15, 0.2) is 0 Å². The monoisotopic (exact) mass is 202 g/mol. The summed E-state index contributed by atoms with van der Waals surface area (Å²) in [5.74, 6) is 0. The Hall–Kier alpha value is -0.120. The van der Waals surface area contributed by atoms with Gasteiger partial charge in [-0.1, -0.05) is 6.92 Å². The Morgan fingerprint density at radius 2 is 1.93 bits per heavy atom. The summed E-state index contributed by atoms with van der Waals surface area (Å²) in [7, 11) is 4.19. The number of hydrogen-bond acceptors (Lipinski definition) is 3. The standard InChI is InChI=1S/C11H26N2O/c1-5-11(2,14)10-12-8-6-7-9-13(3)4/h12,14H,5-10H2,1-4H3. The minimum absolute atomic E-state index is 0.540. The van der Waals surface area contributed by atoms with E-state index in [1.165, 1.54) is 12.8 Å². The largest absolute Gasteiger partial charge is 0.389 e. The van der Waals surface area contributed by atoms with Crippen molar-refractivity contribution in [3.05, 3.63) is 0 Å². The molecule has 1 atom stereocenters. The zero-order valence-electron chi connectivity index (χ0n) is 10.1. The van der Waals surface area contributed by atoms with Crippen molar-refractivity contribution in [3.63, 3.8) is 0 Å². The van der Waals surface area contributed by atoms with E-state index in [2.05, 4.69) is 24.3 Å². The fourth-order valence-electron chi connectivity index (χ4n) is 1.16. The molecule has 0 amide bonds. The summed E-state index contributed by atoms with van der Waals surface area (Å²) >= 11 is 0. The Kier molecular flexibility index (Phi) is 7.15. The fourth-order valence-corrected chi connectivity index (χ4v) is 1.16. The van der Waals surface area contributed by atoms with Crippen LogP contribution in [0.3, 0.4) is 0 Å². The van der Waals surface area contributed by atoms with E-state index >= 15 is 0 Å². The van der Waals surface area contributed by atoms with Crippen molar-refractivity contribution in [1.82, 2.24) is 10.2 Å². The maximum atomic E-state index is 9.70. The van der Waals surface area contributed by atoms with Crippen LogP contribution in [0, 0.1) is 0 Å². The Morgan fingerprint density at radius 1 is 1.29 bits per heavy atom. The van der Waals surface area contributed by atoms with Gasteiger partial charge in [-0.15, -0.1) is 0 Å². The third-order valence-electron chi connectivity index (χ3n) is 2.48. The molecule has 86 valence electrons. The number of aliphatic hydroxyl groups is 1. The summed E-state index contributed by atoms with van der Waals surface area (Å²) in [6.45, 7) is 6.73. The van der Waals surface area contributed by atoms with E-state index in [1.807, 2.05) is 13.8 Å². The Bertz CT molecular complexity index is 135. The fraction of sp³-hybridized carbons (Fsp3) is 1.00. The number of hydrogen-bond donors (Lipinski definition) is 2. The van der Waals surface area contributed by atoms with Crippen molar-refractivity contribution in [1.29, 1.82) is 0 Å². The van der Waals surface area contributed by atoms with Crippen LogP contribution in [-0.2, 0) is 0 Å². The lowest BCUT2D eigenvalue weighted by molar-refractivity contribution is 0.0559. The van der Waals surface area contributed by atoms with E-state index in [9.17, 15) is 5.11 Å². The van der Waals surface area contributed by atoms with Crippen molar-refractivity contribution in [2.24, 2.45) is 0 Å². The van der Waals surface area contributed by atoms with Crippen molar-refractivity contribution in [2.45, 2.75) is 38.7 Å². The van der Waals surface area contributed by atoms with Gasteiger partial charge in [0.25, 0.3) is 0 Å². The van der Waals surface area contributed by atoms with Gasteiger partial charge < -0.3 is 15.3 Å². The number of rotatable bonds is 8. The quantitative estimate of drug-likeness (QED) is 0.578. The zero-order valence-corrected chi connectivity index (χ0v) is 10.1. The Labute approximate surface area is 88.5 Å². The summed E-state index contributed by atoms with van der Waals surface area (Å²) in [6.07, 6.45) is 3.20. The number of unbranched alkanes of at least 4 members (excludes halogenated alkanes) is 1. The van der Waals surface area contributed by atoms with E-state index in [1.54, 1.807) is 0 Å². The second-order valence-electron chi connectivity index (χ2n) is 4.54. The first kappa shape index (κ1) is 13.9. The van der Waals surface area contributed by atoms with Crippen LogP contribution >= 0.6 is 0 Å². The van der Waals surface area contributed by atoms with Crippen molar-refractivity contribution < 1.29 is 5.11 Å². The van der Waals surface area contributed by atoms with Gasteiger partial charge >= 0.3 is 0 Å². The third-order valence-corrected chi connectivity index (χ3v) is 2.48. The van der Waals surface area contributed by atoms with Crippen LogP contribution < -0.4 is 5.32 Å². The summed E-state index contributed by atoms with van der Waals surface area (Å²) in [5, 5.41) is 13.0. The Morgan fingerprint density at radius 3 is 2.43 bits per heavy atom. The number of nitrogens with zero attached hydrogens (tertiary/aromatic N) is 1. The highest BCUT2D eigenvalue weighted by atomic mass is 16.3. The van der Waals surface area contributed by atoms with Crippen molar-refractivity contribution in [2.75, 3.05) is 33.7 Å². The molecular formula is C11H26N2O. The maximum absolute atomic E-state index is 9.70. The van der Waals surface area contributed by atoms with Gasteiger partial charge in [-0.05, 0) is 53.4 Å². The molecule has 0 spiro atoms. The molecule has 0 saturated carbocycles. The molecule has 0 aliphatic rings. The van der Waals surface area contributed by atoms with Crippen LogP contribution in [0.2, 0.25) is 0 Å². The van der Waals surface area contributed by atoms with Gasteiger partial charge in [-0.2, -0.15) is 0 Å². The summed E-state index contributed by atoms with van der Waals surface area (Å²) < 4.78 is 0. The molecule has 0 rings (SSSR count). The molecule has 14 heavy (non-hydrogen) atoms. The SMILES string of the molecule is CCC(C)(O)CNCCCCN(C)C. The first-order chi connectivity index (χ1) is 6.48. The number of nitrogens with one attached hydrogen (secondary N) is 1. The minimum Gasteiger partial charge on any atom is -0.389 e. The molecule has 0 radical (unpaired) electrons. The smallest absolute Gasteiger partial charge is 0.0740 e. The van der Waals surface area contributed by atoms with E-state index in [0.29, 0.717) is 6.54 Å². The molecule has 0 aromatic carbocycles. The highest BCUT2D eigenvalue weighted by Crippen LogP contribution is 2.05. The lowest BCUT2D eigenvalue weighted by atomic mass is 10.0. The second-order valence-corrected chi connectivity index (χ2v) is 4.54. The molecule has 0 aromatic rings. The van der Waals surface area contributed by atoms with Gasteiger partial charge in [0.2, 0.25) is 0 Å². The lowest BCUT2D eigenvalue weighted by Crippen LogP contribution is -2.37. The van der Waals surface area contributed by atoms with Gasteiger partial charge in [0.1, 0.15) is 0 Å². The maximum Gasteiger partial charge on any atom is 0.0740 e. The topological polar surface area (TPSA) is 35.5 Å². The molecule has 0 heterocycles. The average Bonchev–Trinajstić information content (AvgIpc) is 2.10. The molecule has 0 aliphatic carbocycles. The van der Waals surface area contributed by atoms with Crippen LogP contribution in [0.4, 0.5) is 0 Å². The van der Waals surface area contributed by atoms with E-state index in [4.69, 9.17) is 0 Å². The molecule has 2 N–H and O–H groups in total. The summed E-state index contributed by atoms with van der Waals surface area (Å²) in [6, 6.07) is 0. The molecule has 0 saturated heterocycles. The van der Waals surface area contributed by atoms with Crippen molar-refractivity contribution >= 4 is 0 Å². The van der Waals surface area contributed by atoms with Gasteiger partial charge in [0, 0.05) is 6.54 Å². The van der Waals surface area contributed by atoms with E-state index in [0.717, 1.165) is 19.5 Å². The normalized spacial score (nSPS) is 15.9. The first-order valence-corrected chi connectivity index (χ1v) is 5.56. The highest BCUT2D eigenvalue weighted by molar-refractivity contribution is 4.72. The molecule has 0 aromatic heterocycles. The molecule has 3 heteroatoms. The molecule has 3 nitrogen and oxygen atoms in total. The van der Waals surface area contributed by atoms with Crippen LogP contribution in [0.25, 0.3) is 0 Å². The van der Waals surface area contributed by atoms with Gasteiger partial charge in [0.15, 0.2) is 0 Å². The second kappa shape index (κ2) is 7.21. The average molecular weight is 202 g/mol. The molecule has 1 unspecified atom stereocenters. The minimum atomic E-state index is -0.540. The predicted molar refractivity (Wildman–Crippen MR) is 61.6 cm³/mol. The van der Waals surface area contributed by atoms with Crippen LogP contribution in [0.5, 0.6) is 0 Å². The molecule has 0 bridgehead atoms. The van der Waals surface area contributed by atoms with Crippen molar-refractivity contribution in [3.8, 4) is 0 Å². The van der Waals surface area contributed by atoms with Crippen LogP contribution in [0.1, 0.15) is 33.1 Å². The third kappa shape index (κ3) is 8.48. The van der Waals surface area contributed by atoms with E-state index < -0.39 is 5.60 Å². The van der Waals surface area contributed by atoms with Crippen LogP contribution in [-0.4, -0.2) is 49.3 Å². The summed E-state index contributed by atoms with van der Waals surface area (Å²) in [5.41, 5.74) is -0.540. The molecule has 0 fully saturated rings. The van der Waals surface area contributed by atoms with Gasteiger partial charge in [0.05, 0.1) is 5.60 Å². The molecule has 0 aliphatic heterocycles. The molecular weight excluding hydrogens is 176 g/mol. The predicted octanol–water partition coefficient (Wildman–Crippen LogP) is 1.08. The van der Waals surface area contributed by atoms with Gasteiger partial charge in [-0.25, -0.2) is 0 Å². The zero-order chi connectivity index (χ0) is 11.0. The first-order valence-electron chi connectivity index (χ1n) is 5.56. The Balaban J connectivity index is 3.21. The highest BCUT2D eigenvalue weighted by Gasteiger charge is 2.15. The van der Waals surface area contributed by atoms with Gasteiger partial charge in [-0.3, -0.25) is 0 Å². The summed E-state index contributed by atoms with van der Waals surface area (Å²) in [4.78, 5) is 2.20. The van der Waals surface area contributed by atoms with E-state index in [-0.39, 0.29) is 0 Å². The lowest BCUT2D eigenvalue weighted by Gasteiger charge is -2.21.